The van der Waals surface area contributed by atoms with Crippen molar-refractivity contribution in [1.29, 1.82) is 0 Å². The zero-order chi connectivity index (χ0) is 21.0. The minimum Gasteiger partial charge on any atom is -0.481 e. The predicted molar refractivity (Wildman–Crippen MR) is 97.2 cm³/mol. The second-order valence-corrected chi connectivity index (χ2v) is 7.39. The highest BCUT2D eigenvalue weighted by Crippen LogP contribution is 2.35. The maximum absolute atomic E-state index is 11.8. The van der Waals surface area contributed by atoms with Gasteiger partial charge in [0.05, 0.1) is 12.8 Å². The number of carbonyl (C=O) groups is 4. The van der Waals surface area contributed by atoms with Gasteiger partial charge in [-0.05, 0) is 37.0 Å². The van der Waals surface area contributed by atoms with Crippen molar-refractivity contribution in [3.8, 4) is 0 Å². The molecule has 0 amide bonds. The third kappa shape index (κ3) is 12.8. The molecule has 0 aromatic rings. The van der Waals surface area contributed by atoms with Gasteiger partial charge in [0.15, 0.2) is 0 Å². The molecule has 0 spiro atoms. The van der Waals surface area contributed by atoms with E-state index in [1.165, 1.54) is 6.42 Å². The molecule has 8 heteroatoms. The first kappa shape index (κ1) is 24.9. The fourth-order valence-corrected chi connectivity index (χ4v) is 3.08. The summed E-state index contributed by atoms with van der Waals surface area (Å²) in [7, 11) is 0. The van der Waals surface area contributed by atoms with E-state index in [0.29, 0.717) is 24.2 Å². The van der Waals surface area contributed by atoms with Crippen molar-refractivity contribution in [2.75, 3.05) is 0 Å². The molecule has 0 radical (unpaired) electrons. The molecule has 1 aliphatic carbocycles. The largest absolute Gasteiger partial charge is 0.481 e. The van der Waals surface area contributed by atoms with Gasteiger partial charge in [0.25, 0.3) is 0 Å². The number of aliphatic carboxylic acids is 3. The van der Waals surface area contributed by atoms with Crippen LogP contribution in [-0.2, 0) is 23.9 Å². The lowest BCUT2D eigenvalue weighted by Gasteiger charge is -2.36. The van der Waals surface area contributed by atoms with Crippen LogP contribution >= 0.6 is 0 Å². The summed E-state index contributed by atoms with van der Waals surface area (Å²) < 4.78 is 5.59. The molecule has 0 aromatic carbocycles. The van der Waals surface area contributed by atoms with Crippen molar-refractivity contribution in [2.45, 2.75) is 78.2 Å². The lowest BCUT2D eigenvalue weighted by molar-refractivity contribution is -0.156. The summed E-state index contributed by atoms with van der Waals surface area (Å²) in [5, 5.41) is 24.3. The number of hydrogen-bond acceptors (Lipinski definition) is 5. The summed E-state index contributed by atoms with van der Waals surface area (Å²) in [6.45, 7) is 6.54. The molecule has 0 heterocycles. The molecule has 1 aliphatic rings. The zero-order valence-electron chi connectivity index (χ0n) is 16.3. The van der Waals surface area contributed by atoms with Crippen LogP contribution in [0.5, 0.6) is 0 Å². The fourth-order valence-electron chi connectivity index (χ4n) is 3.08. The van der Waals surface area contributed by atoms with Crippen molar-refractivity contribution in [1.82, 2.24) is 0 Å². The van der Waals surface area contributed by atoms with E-state index in [9.17, 15) is 19.2 Å². The molecule has 3 atom stereocenters. The molecule has 8 nitrogen and oxygen atoms in total. The summed E-state index contributed by atoms with van der Waals surface area (Å²) >= 11 is 0. The number of rotatable bonds is 9. The van der Waals surface area contributed by atoms with Crippen LogP contribution in [0.2, 0.25) is 0 Å². The van der Waals surface area contributed by atoms with E-state index in [2.05, 4.69) is 20.8 Å². The van der Waals surface area contributed by atoms with E-state index in [4.69, 9.17) is 20.1 Å². The molecule has 0 aromatic heterocycles. The lowest BCUT2D eigenvalue weighted by atomic mass is 9.75. The highest BCUT2D eigenvalue weighted by atomic mass is 16.5. The van der Waals surface area contributed by atoms with E-state index < -0.39 is 17.9 Å². The van der Waals surface area contributed by atoms with Gasteiger partial charge in [-0.3, -0.25) is 19.2 Å². The molecule has 0 aliphatic heterocycles. The number of carboxylic acid groups (broad SMARTS) is 3. The van der Waals surface area contributed by atoms with Crippen molar-refractivity contribution in [3.05, 3.63) is 0 Å². The normalized spacial score (nSPS) is 21.7. The molecule has 156 valence electrons. The highest BCUT2D eigenvalue weighted by molar-refractivity contribution is 5.75. The Kier molecular flexibility index (Phi) is 12.1. The summed E-state index contributed by atoms with van der Waals surface area (Å²) in [6.07, 6.45) is 3.29. The van der Waals surface area contributed by atoms with Gasteiger partial charge >= 0.3 is 23.9 Å². The average molecular weight is 388 g/mol. The second kappa shape index (κ2) is 13.1. The fraction of sp³-hybridized carbons (Fsp3) is 0.789. The van der Waals surface area contributed by atoms with E-state index >= 15 is 0 Å². The van der Waals surface area contributed by atoms with Gasteiger partial charge in [-0.1, -0.05) is 27.2 Å². The van der Waals surface area contributed by atoms with Crippen LogP contribution in [0.4, 0.5) is 0 Å². The minimum absolute atomic E-state index is 0.0149. The monoisotopic (exact) mass is 388 g/mol. The van der Waals surface area contributed by atoms with Gasteiger partial charge in [-0.25, -0.2) is 0 Å². The Morgan fingerprint density at radius 3 is 1.85 bits per heavy atom. The lowest BCUT2D eigenvalue weighted by Crippen LogP contribution is -2.35. The number of hydrogen-bond donors (Lipinski definition) is 3. The number of ether oxygens (including phenoxy) is 1. The Morgan fingerprint density at radius 1 is 0.889 bits per heavy atom. The highest BCUT2D eigenvalue weighted by Gasteiger charge is 2.33. The van der Waals surface area contributed by atoms with Crippen LogP contribution < -0.4 is 0 Å². The minimum atomic E-state index is -1.08. The first-order chi connectivity index (χ1) is 12.5. The summed E-state index contributed by atoms with van der Waals surface area (Å²) in [4.78, 5) is 41.4. The topological polar surface area (TPSA) is 138 Å². The SMILES string of the molecule is CC1CCC(C(C)C)C(OC(=O)CCCC(=O)O)C1.O=C(O)CCC(=O)O. The molecular weight excluding hydrogens is 356 g/mol. The van der Waals surface area contributed by atoms with Crippen LogP contribution in [0.3, 0.4) is 0 Å². The van der Waals surface area contributed by atoms with Gasteiger partial charge in [0.2, 0.25) is 0 Å². The number of carboxylic acids is 3. The van der Waals surface area contributed by atoms with Gasteiger partial charge in [-0.2, -0.15) is 0 Å². The van der Waals surface area contributed by atoms with Crippen LogP contribution in [-0.4, -0.2) is 45.3 Å². The first-order valence-corrected chi connectivity index (χ1v) is 9.37. The van der Waals surface area contributed by atoms with Crippen molar-refractivity contribution in [3.63, 3.8) is 0 Å². The van der Waals surface area contributed by atoms with Gasteiger partial charge < -0.3 is 20.1 Å². The van der Waals surface area contributed by atoms with Gasteiger partial charge in [0, 0.05) is 12.8 Å². The third-order valence-corrected chi connectivity index (χ3v) is 4.57. The Balaban J connectivity index is 0.000000713. The molecule has 1 rings (SSSR count). The third-order valence-electron chi connectivity index (χ3n) is 4.57. The van der Waals surface area contributed by atoms with E-state index in [0.717, 1.165) is 12.8 Å². The van der Waals surface area contributed by atoms with Gasteiger partial charge in [0.1, 0.15) is 6.10 Å². The quantitative estimate of drug-likeness (QED) is 0.512. The second-order valence-electron chi connectivity index (χ2n) is 7.39. The van der Waals surface area contributed by atoms with E-state index in [1.807, 2.05) is 0 Å². The van der Waals surface area contributed by atoms with E-state index in [-0.39, 0.29) is 37.8 Å². The van der Waals surface area contributed by atoms with Gasteiger partial charge in [-0.15, -0.1) is 0 Å². The average Bonchev–Trinajstić information content (AvgIpc) is 2.53. The number of carbonyl (C=O) groups excluding carboxylic acids is 1. The molecule has 27 heavy (non-hydrogen) atoms. The molecule has 0 bridgehead atoms. The Hall–Kier alpha value is -2.12. The number of esters is 1. The molecule has 1 saturated carbocycles. The summed E-state index contributed by atoms with van der Waals surface area (Å²) in [6, 6.07) is 0. The molecule has 3 N–H and O–H groups in total. The molecule has 3 unspecified atom stereocenters. The first-order valence-electron chi connectivity index (χ1n) is 9.37. The smallest absolute Gasteiger partial charge is 0.306 e. The molecule has 1 fully saturated rings. The van der Waals surface area contributed by atoms with Crippen LogP contribution in [0, 0.1) is 17.8 Å². The van der Waals surface area contributed by atoms with E-state index in [1.54, 1.807) is 0 Å². The van der Waals surface area contributed by atoms with Crippen molar-refractivity contribution < 1.29 is 39.2 Å². The maximum Gasteiger partial charge on any atom is 0.306 e. The summed E-state index contributed by atoms with van der Waals surface area (Å²) in [5.41, 5.74) is 0. The van der Waals surface area contributed by atoms with Crippen LogP contribution in [0.1, 0.15) is 72.1 Å². The van der Waals surface area contributed by atoms with Crippen LogP contribution in [0.15, 0.2) is 0 Å². The Labute approximate surface area is 159 Å². The van der Waals surface area contributed by atoms with Crippen molar-refractivity contribution in [2.24, 2.45) is 17.8 Å². The maximum atomic E-state index is 11.8. The standard InChI is InChI=1S/C15H26O4.C4H6O4/c1-10(2)12-8-7-11(3)9-13(12)19-15(18)6-4-5-14(16)17;5-3(6)1-2-4(7)8/h10-13H,4-9H2,1-3H3,(H,16,17);1-2H2,(H,5,6)(H,7,8). The molecular formula is C19H32O8. The zero-order valence-corrected chi connectivity index (χ0v) is 16.3. The van der Waals surface area contributed by atoms with Crippen molar-refractivity contribution >= 4 is 23.9 Å². The Morgan fingerprint density at radius 2 is 1.41 bits per heavy atom. The molecule has 0 saturated heterocycles. The predicted octanol–water partition coefficient (Wildman–Crippen LogP) is 3.18. The summed E-state index contributed by atoms with van der Waals surface area (Å²) in [5.74, 6) is -1.69. The van der Waals surface area contributed by atoms with Crippen LogP contribution in [0.25, 0.3) is 0 Å². The Bertz CT molecular complexity index is 486.